The van der Waals surface area contributed by atoms with Crippen molar-refractivity contribution >= 4 is 28.3 Å². The SMILES string of the molecule is O=c1c2cn[nH]c2ccn1-c1cc(NC(CO)CO)ncc1Cl. The van der Waals surface area contributed by atoms with E-state index in [2.05, 4.69) is 20.5 Å². The van der Waals surface area contributed by atoms with Crippen LogP contribution in [0.3, 0.4) is 0 Å². The van der Waals surface area contributed by atoms with Gasteiger partial charge in [0.05, 0.1) is 53.3 Å². The summed E-state index contributed by atoms with van der Waals surface area (Å²) >= 11 is 6.16. The van der Waals surface area contributed by atoms with Crippen LogP contribution < -0.4 is 10.9 Å². The van der Waals surface area contributed by atoms with E-state index in [1.54, 1.807) is 18.3 Å². The molecule has 0 amide bonds. The Morgan fingerprint density at radius 3 is 2.87 bits per heavy atom. The van der Waals surface area contributed by atoms with Gasteiger partial charge in [-0.05, 0) is 6.07 Å². The van der Waals surface area contributed by atoms with E-state index in [1.807, 2.05) is 0 Å². The molecule has 0 aromatic carbocycles. The predicted molar refractivity (Wildman–Crippen MR) is 86.1 cm³/mol. The van der Waals surface area contributed by atoms with E-state index in [4.69, 9.17) is 21.8 Å². The van der Waals surface area contributed by atoms with Gasteiger partial charge >= 0.3 is 0 Å². The Kier molecular flexibility index (Phi) is 4.28. The molecule has 4 N–H and O–H groups in total. The number of aliphatic hydroxyl groups is 2. The van der Waals surface area contributed by atoms with Crippen LogP contribution in [0.5, 0.6) is 0 Å². The molecule has 120 valence electrons. The van der Waals surface area contributed by atoms with Crippen LogP contribution in [0.2, 0.25) is 5.02 Å². The molecule has 3 heterocycles. The van der Waals surface area contributed by atoms with Crippen LogP contribution in [0.1, 0.15) is 0 Å². The van der Waals surface area contributed by atoms with Gasteiger partial charge in [-0.25, -0.2) is 4.98 Å². The van der Waals surface area contributed by atoms with Gasteiger partial charge in [0.25, 0.3) is 5.56 Å². The Labute approximate surface area is 135 Å². The molecule has 0 radical (unpaired) electrons. The maximum atomic E-state index is 12.5. The average Bonchev–Trinajstić information content (AvgIpc) is 3.04. The molecule has 0 atom stereocenters. The Bertz CT molecular complexity index is 887. The standard InChI is InChI=1S/C14H14ClN5O3/c15-10-5-16-13(18-8(6-21)7-22)3-12(10)20-2-1-11-9(14(20)23)4-17-19-11/h1-5,8,21-22H,6-7H2,(H,16,18)(H,17,19). The molecule has 9 heteroatoms. The van der Waals surface area contributed by atoms with Gasteiger partial charge < -0.3 is 15.5 Å². The fourth-order valence-electron chi connectivity index (χ4n) is 2.18. The third-order valence-electron chi connectivity index (χ3n) is 3.40. The summed E-state index contributed by atoms with van der Waals surface area (Å²) in [5, 5.41) is 28.4. The average molecular weight is 336 g/mol. The van der Waals surface area contributed by atoms with Crippen molar-refractivity contribution in [2.75, 3.05) is 18.5 Å². The number of halogens is 1. The van der Waals surface area contributed by atoms with E-state index < -0.39 is 6.04 Å². The maximum absolute atomic E-state index is 12.5. The number of aromatic amines is 1. The lowest BCUT2D eigenvalue weighted by molar-refractivity contribution is 0.203. The highest BCUT2D eigenvalue weighted by molar-refractivity contribution is 6.32. The third-order valence-corrected chi connectivity index (χ3v) is 3.69. The van der Waals surface area contributed by atoms with Crippen LogP contribution in [-0.2, 0) is 0 Å². The number of aromatic nitrogens is 4. The highest BCUT2D eigenvalue weighted by Gasteiger charge is 2.12. The van der Waals surface area contributed by atoms with E-state index in [0.717, 1.165) is 0 Å². The number of fused-ring (bicyclic) bond motifs is 1. The smallest absolute Gasteiger partial charge is 0.266 e. The van der Waals surface area contributed by atoms with Gasteiger partial charge in [-0.3, -0.25) is 14.5 Å². The summed E-state index contributed by atoms with van der Waals surface area (Å²) in [6.07, 6.45) is 4.44. The predicted octanol–water partition coefficient (Wildman–Crippen LogP) is 0.527. The largest absolute Gasteiger partial charge is 0.394 e. The second-order valence-corrected chi connectivity index (χ2v) is 5.32. The minimum Gasteiger partial charge on any atom is -0.394 e. The van der Waals surface area contributed by atoms with Crippen molar-refractivity contribution in [1.82, 2.24) is 19.7 Å². The van der Waals surface area contributed by atoms with Crippen LogP contribution in [0.15, 0.2) is 35.5 Å². The maximum Gasteiger partial charge on any atom is 0.266 e. The van der Waals surface area contributed by atoms with Gasteiger partial charge in [0.2, 0.25) is 0 Å². The van der Waals surface area contributed by atoms with Crippen LogP contribution in [-0.4, -0.2) is 49.2 Å². The zero-order valence-electron chi connectivity index (χ0n) is 11.9. The fraction of sp³-hybridized carbons (Fsp3) is 0.214. The lowest BCUT2D eigenvalue weighted by Crippen LogP contribution is -2.28. The van der Waals surface area contributed by atoms with Crippen molar-refractivity contribution in [3.63, 3.8) is 0 Å². The van der Waals surface area contributed by atoms with Gasteiger partial charge in [-0.2, -0.15) is 5.10 Å². The van der Waals surface area contributed by atoms with E-state index in [1.165, 1.54) is 17.0 Å². The first-order chi connectivity index (χ1) is 11.1. The number of pyridine rings is 2. The highest BCUT2D eigenvalue weighted by Crippen LogP contribution is 2.22. The Morgan fingerprint density at radius 1 is 1.35 bits per heavy atom. The topological polar surface area (TPSA) is 116 Å². The van der Waals surface area contributed by atoms with Crippen LogP contribution in [0.4, 0.5) is 5.82 Å². The van der Waals surface area contributed by atoms with E-state index in [-0.39, 0.29) is 18.8 Å². The summed E-state index contributed by atoms with van der Waals surface area (Å²) in [4.78, 5) is 16.6. The quantitative estimate of drug-likeness (QED) is 0.540. The van der Waals surface area contributed by atoms with Crippen molar-refractivity contribution in [3.05, 3.63) is 46.1 Å². The van der Waals surface area contributed by atoms with E-state index in [9.17, 15) is 4.79 Å². The summed E-state index contributed by atoms with van der Waals surface area (Å²) in [6, 6.07) is 2.75. The Balaban J connectivity index is 2.07. The van der Waals surface area contributed by atoms with Gasteiger partial charge in [-0.1, -0.05) is 11.6 Å². The number of anilines is 1. The molecular weight excluding hydrogens is 322 g/mol. The van der Waals surface area contributed by atoms with Gasteiger partial charge in [-0.15, -0.1) is 0 Å². The molecule has 0 spiro atoms. The summed E-state index contributed by atoms with van der Waals surface area (Å²) in [6.45, 7) is -0.506. The minimum atomic E-state index is -0.551. The molecule has 0 aliphatic heterocycles. The molecule has 0 saturated carbocycles. The summed E-state index contributed by atoms with van der Waals surface area (Å²) in [7, 11) is 0. The monoisotopic (exact) mass is 335 g/mol. The number of hydrogen-bond donors (Lipinski definition) is 4. The summed E-state index contributed by atoms with van der Waals surface area (Å²) in [5.74, 6) is 0.386. The zero-order valence-corrected chi connectivity index (χ0v) is 12.7. The first-order valence-corrected chi connectivity index (χ1v) is 7.20. The number of nitrogens with zero attached hydrogens (tertiary/aromatic N) is 3. The molecule has 3 aromatic rings. The van der Waals surface area contributed by atoms with Gasteiger partial charge in [0.1, 0.15) is 5.82 Å². The molecule has 0 bridgehead atoms. The molecule has 3 rings (SSSR count). The Morgan fingerprint density at radius 2 is 2.13 bits per heavy atom. The van der Waals surface area contributed by atoms with Crippen molar-refractivity contribution in [1.29, 1.82) is 0 Å². The van der Waals surface area contributed by atoms with Crippen LogP contribution >= 0.6 is 11.6 Å². The summed E-state index contributed by atoms with van der Waals surface area (Å²) < 4.78 is 1.39. The third kappa shape index (κ3) is 2.91. The van der Waals surface area contributed by atoms with Gasteiger partial charge in [0, 0.05) is 12.3 Å². The highest BCUT2D eigenvalue weighted by atomic mass is 35.5. The number of hydrogen-bond acceptors (Lipinski definition) is 6. The second-order valence-electron chi connectivity index (χ2n) is 4.92. The van der Waals surface area contributed by atoms with Gasteiger partial charge in [0.15, 0.2) is 0 Å². The zero-order chi connectivity index (χ0) is 16.4. The molecule has 0 saturated heterocycles. The number of nitrogens with one attached hydrogen (secondary N) is 2. The summed E-state index contributed by atoms with van der Waals surface area (Å²) in [5.41, 5.74) is 0.804. The van der Waals surface area contributed by atoms with Crippen LogP contribution in [0, 0.1) is 0 Å². The molecule has 23 heavy (non-hydrogen) atoms. The molecular formula is C14H14ClN5O3. The number of aliphatic hydroxyl groups excluding tert-OH is 2. The second kappa shape index (κ2) is 6.37. The molecule has 8 nitrogen and oxygen atoms in total. The lowest BCUT2D eigenvalue weighted by atomic mass is 10.3. The number of rotatable bonds is 5. The minimum absolute atomic E-state index is 0.253. The number of H-pyrrole nitrogens is 1. The van der Waals surface area contributed by atoms with Crippen molar-refractivity contribution in [2.24, 2.45) is 0 Å². The lowest BCUT2D eigenvalue weighted by Gasteiger charge is -2.15. The van der Waals surface area contributed by atoms with Crippen molar-refractivity contribution < 1.29 is 10.2 Å². The van der Waals surface area contributed by atoms with E-state index >= 15 is 0 Å². The molecule has 3 aromatic heterocycles. The first-order valence-electron chi connectivity index (χ1n) is 6.83. The fourth-order valence-corrected chi connectivity index (χ4v) is 2.37. The van der Waals surface area contributed by atoms with E-state index in [0.29, 0.717) is 27.4 Å². The van der Waals surface area contributed by atoms with Crippen molar-refractivity contribution in [3.8, 4) is 5.69 Å². The first kappa shape index (κ1) is 15.5. The Hall–Kier alpha value is -2.42. The molecule has 0 fully saturated rings. The molecule has 0 aliphatic rings. The normalized spacial score (nSPS) is 11.3. The van der Waals surface area contributed by atoms with Crippen molar-refractivity contribution in [2.45, 2.75) is 6.04 Å². The van der Waals surface area contributed by atoms with Crippen LogP contribution in [0.25, 0.3) is 16.6 Å². The molecule has 0 aliphatic carbocycles. The molecule has 0 unspecified atom stereocenters.